The number of aliphatic hydroxyl groups is 1. The molecule has 2 aromatic carbocycles. The molecule has 1 aliphatic rings. The Kier molecular flexibility index (Phi) is 8.43. The summed E-state index contributed by atoms with van der Waals surface area (Å²) < 4.78 is 5.53. The van der Waals surface area contributed by atoms with E-state index in [1.54, 1.807) is 0 Å². The van der Waals surface area contributed by atoms with Crippen LogP contribution < -0.4 is 10.6 Å². The number of carbonyl (C=O) groups excluding carboxylic acids is 2. The predicted octanol–water partition coefficient (Wildman–Crippen LogP) is 3.20. The number of amides is 2. The predicted molar refractivity (Wildman–Crippen MR) is 127 cm³/mol. The van der Waals surface area contributed by atoms with Crippen LogP contribution in [0.4, 0.5) is 4.79 Å². The molecule has 180 valence electrons. The molecule has 0 aromatic heterocycles. The lowest BCUT2D eigenvalue weighted by Crippen LogP contribution is -2.48. The maximum absolute atomic E-state index is 12.6. The zero-order chi connectivity index (χ0) is 24.7. The molecule has 0 bridgehead atoms. The van der Waals surface area contributed by atoms with Gasteiger partial charge in [0.1, 0.15) is 12.6 Å². The fourth-order valence-corrected chi connectivity index (χ4v) is 3.98. The number of carboxylic acid groups (broad SMARTS) is 1. The van der Waals surface area contributed by atoms with Gasteiger partial charge in [0.15, 0.2) is 0 Å². The summed E-state index contributed by atoms with van der Waals surface area (Å²) in [6, 6.07) is 15.1. The van der Waals surface area contributed by atoms with Crippen LogP contribution in [0.1, 0.15) is 43.7 Å². The second kappa shape index (κ2) is 11.5. The number of fused-ring (bicyclic) bond motifs is 3. The average molecular weight is 467 g/mol. The minimum Gasteiger partial charge on any atom is -0.481 e. The summed E-state index contributed by atoms with van der Waals surface area (Å²) in [5, 5.41) is 23.5. The first kappa shape index (κ1) is 25.0. The summed E-state index contributed by atoms with van der Waals surface area (Å²) in [5.41, 5.74) is 5.38. The van der Waals surface area contributed by atoms with E-state index in [1.165, 1.54) is 0 Å². The zero-order valence-electron chi connectivity index (χ0n) is 19.3. The Balaban J connectivity index is 1.63. The monoisotopic (exact) mass is 466 g/mol. The van der Waals surface area contributed by atoms with Gasteiger partial charge in [-0.3, -0.25) is 9.59 Å². The maximum Gasteiger partial charge on any atom is 0.407 e. The lowest BCUT2D eigenvalue weighted by Gasteiger charge is -2.20. The van der Waals surface area contributed by atoms with Crippen LogP contribution in [0.2, 0.25) is 0 Å². The van der Waals surface area contributed by atoms with E-state index in [9.17, 15) is 19.5 Å². The van der Waals surface area contributed by atoms with E-state index in [4.69, 9.17) is 9.84 Å². The van der Waals surface area contributed by atoms with Gasteiger partial charge in [-0.1, -0.05) is 60.2 Å². The minimum atomic E-state index is -1.22. The van der Waals surface area contributed by atoms with Crippen LogP contribution in [-0.4, -0.2) is 53.5 Å². The summed E-state index contributed by atoms with van der Waals surface area (Å²) in [5.74, 6) is -1.80. The van der Waals surface area contributed by atoms with Crippen molar-refractivity contribution in [2.75, 3.05) is 13.2 Å². The largest absolute Gasteiger partial charge is 0.481 e. The highest BCUT2D eigenvalue weighted by atomic mass is 16.5. The molecule has 0 heterocycles. The number of aliphatic carboxylic acids is 1. The lowest BCUT2D eigenvalue weighted by molar-refractivity contribution is -0.139. The lowest BCUT2D eigenvalue weighted by atomic mass is 9.98. The molecule has 8 heteroatoms. The van der Waals surface area contributed by atoms with Gasteiger partial charge < -0.3 is 25.6 Å². The third-order valence-corrected chi connectivity index (χ3v) is 5.64. The topological polar surface area (TPSA) is 125 Å². The molecule has 0 fully saturated rings. The van der Waals surface area contributed by atoms with Crippen molar-refractivity contribution in [3.05, 3.63) is 71.3 Å². The number of allylic oxidation sites excluding steroid dienone is 1. The average Bonchev–Trinajstić information content (AvgIpc) is 3.12. The van der Waals surface area contributed by atoms with Crippen molar-refractivity contribution in [2.24, 2.45) is 0 Å². The van der Waals surface area contributed by atoms with Gasteiger partial charge in [-0.05, 0) is 42.5 Å². The number of alkyl carbamates (subject to hydrolysis) is 1. The number of rotatable bonds is 10. The fourth-order valence-electron chi connectivity index (χ4n) is 3.98. The van der Waals surface area contributed by atoms with Crippen molar-refractivity contribution in [1.29, 1.82) is 0 Å². The molecular formula is C26H30N2O6. The summed E-state index contributed by atoms with van der Waals surface area (Å²) >= 11 is 0. The molecule has 4 N–H and O–H groups in total. The molecule has 0 saturated carbocycles. The second-order valence-corrected chi connectivity index (χ2v) is 8.54. The summed E-state index contributed by atoms with van der Waals surface area (Å²) in [4.78, 5) is 35.9. The molecule has 2 unspecified atom stereocenters. The molecule has 2 atom stereocenters. The molecule has 1 aliphatic carbocycles. The molecular weight excluding hydrogens is 436 g/mol. The SMILES string of the molecule is CC(C)=CCC(NC(=O)OCC1c2ccccc2-c2ccccc21)C(=O)NCC(O)CC(=O)O. The number of nitrogens with one attached hydrogen (secondary N) is 2. The van der Waals surface area contributed by atoms with Crippen molar-refractivity contribution in [1.82, 2.24) is 10.6 Å². The highest BCUT2D eigenvalue weighted by Crippen LogP contribution is 2.44. The first-order valence-electron chi connectivity index (χ1n) is 11.2. The molecule has 0 saturated heterocycles. The van der Waals surface area contributed by atoms with Crippen LogP contribution in [0.15, 0.2) is 60.2 Å². The van der Waals surface area contributed by atoms with E-state index in [1.807, 2.05) is 68.5 Å². The van der Waals surface area contributed by atoms with Gasteiger partial charge in [0.05, 0.1) is 12.5 Å². The first-order chi connectivity index (χ1) is 16.3. The van der Waals surface area contributed by atoms with Crippen LogP contribution in [-0.2, 0) is 14.3 Å². The van der Waals surface area contributed by atoms with Gasteiger partial charge in [0.25, 0.3) is 0 Å². The molecule has 3 rings (SSSR count). The van der Waals surface area contributed by atoms with Crippen molar-refractivity contribution in [3.63, 3.8) is 0 Å². The van der Waals surface area contributed by atoms with E-state index in [2.05, 4.69) is 10.6 Å². The third-order valence-electron chi connectivity index (χ3n) is 5.64. The van der Waals surface area contributed by atoms with Gasteiger partial charge in [-0.25, -0.2) is 4.79 Å². The van der Waals surface area contributed by atoms with Gasteiger partial charge in [-0.15, -0.1) is 0 Å². The number of hydrogen-bond donors (Lipinski definition) is 4. The fraction of sp³-hybridized carbons (Fsp3) is 0.346. The van der Waals surface area contributed by atoms with E-state index >= 15 is 0 Å². The van der Waals surface area contributed by atoms with E-state index < -0.39 is 36.5 Å². The van der Waals surface area contributed by atoms with Crippen molar-refractivity contribution < 1.29 is 29.3 Å². The van der Waals surface area contributed by atoms with Crippen LogP contribution in [0, 0.1) is 0 Å². The number of carbonyl (C=O) groups is 3. The molecule has 0 spiro atoms. The smallest absolute Gasteiger partial charge is 0.407 e. The second-order valence-electron chi connectivity index (χ2n) is 8.54. The molecule has 8 nitrogen and oxygen atoms in total. The Hall–Kier alpha value is -3.65. The van der Waals surface area contributed by atoms with Crippen LogP contribution >= 0.6 is 0 Å². The number of ether oxygens (including phenoxy) is 1. The minimum absolute atomic E-state index is 0.102. The maximum atomic E-state index is 12.6. The Morgan fingerprint density at radius 2 is 1.62 bits per heavy atom. The van der Waals surface area contributed by atoms with E-state index in [-0.39, 0.29) is 25.5 Å². The summed E-state index contributed by atoms with van der Waals surface area (Å²) in [6.07, 6.45) is -0.399. The molecule has 2 aromatic rings. The quantitative estimate of drug-likeness (QED) is 0.399. The number of carboxylic acids is 1. The number of hydrogen-bond acceptors (Lipinski definition) is 5. The molecule has 0 radical (unpaired) electrons. The van der Waals surface area contributed by atoms with Crippen molar-refractivity contribution in [2.45, 2.75) is 44.8 Å². The number of aliphatic hydroxyl groups excluding tert-OH is 1. The Morgan fingerprint density at radius 3 is 2.18 bits per heavy atom. The van der Waals surface area contributed by atoms with Crippen molar-refractivity contribution >= 4 is 18.0 Å². The summed E-state index contributed by atoms with van der Waals surface area (Å²) in [7, 11) is 0. The van der Waals surface area contributed by atoms with E-state index in [0.717, 1.165) is 27.8 Å². The van der Waals surface area contributed by atoms with Gasteiger partial charge in [-0.2, -0.15) is 0 Å². The van der Waals surface area contributed by atoms with Crippen LogP contribution in [0.3, 0.4) is 0 Å². The highest BCUT2D eigenvalue weighted by Gasteiger charge is 2.29. The standard InChI is InChI=1S/C26H30N2O6/c1-16(2)11-12-23(25(32)27-14-17(29)13-24(30)31)28-26(33)34-15-22-20-9-5-3-7-18(20)19-8-4-6-10-21(19)22/h3-11,17,22-23,29H,12-15H2,1-2H3,(H,27,32)(H,28,33)(H,30,31). The number of benzene rings is 2. The van der Waals surface area contributed by atoms with E-state index in [0.29, 0.717) is 0 Å². The molecule has 2 amide bonds. The Labute approximate surface area is 198 Å². The highest BCUT2D eigenvalue weighted by molar-refractivity contribution is 5.86. The molecule has 0 aliphatic heterocycles. The zero-order valence-corrected chi connectivity index (χ0v) is 19.3. The van der Waals surface area contributed by atoms with Gasteiger partial charge in [0.2, 0.25) is 5.91 Å². The third kappa shape index (κ3) is 6.45. The van der Waals surface area contributed by atoms with Crippen molar-refractivity contribution in [3.8, 4) is 11.1 Å². The van der Waals surface area contributed by atoms with Crippen LogP contribution in [0.5, 0.6) is 0 Å². The van der Waals surface area contributed by atoms with Crippen LogP contribution in [0.25, 0.3) is 11.1 Å². The summed E-state index contributed by atoms with van der Waals surface area (Å²) in [6.45, 7) is 3.63. The van der Waals surface area contributed by atoms with Gasteiger partial charge in [0, 0.05) is 12.5 Å². The Bertz CT molecular complexity index is 1030. The first-order valence-corrected chi connectivity index (χ1v) is 11.2. The molecule has 34 heavy (non-hydrogen) atoms. The van der Waals surface area contributed by atoms with Gasteiger partial charge >= 0.3 is 12.1 Å². The Morgan fingerprint density at radius 1 is 1.03 bits per heavy atom. The normalized spacial score (nSPS) is 13.7.